The van der Waals surface area contributed by atoms with Gasteiger partial charge in [0, 0.05) is 17.6 Å². The van der Waals surface area contributed by atoms with Crippen molar-refractivity contribution in [1.82, 2.24) is 4.98 Å². The zero-order valence-corrected chi connectivity index (χ0v) is 11.7. The molecule has 0 saturated heterocycles. The van der Waals surface area contributed by atoms with Crippen LogP contribution in [-0.4, -0.2) is 38.7 Å². The van der Waals surface area contributed by atoms with E-state index in [0.29, 0.717) is 9.81 Å². The highest BCUT2D eigenvalue weighted by Gasteiger charge is 2.41. The van der Waals surface area contributed by atoms with Gasteiger partial charge in [-0.05, 0) is 6.07 Å². The van der Waals surface area contributed by atoms with Crippen LogP contribution >= 0.6 is 23.5 Å². The third-order valence-electron chi connectivity index (χ3n) is 2.89. The van der Waals surface area contributed by atoms with Crippen LogP contribution in [0.5, 0.6) is 0 Å². The summed E-state index contributed by atoms with van der Waals surface area (Å²) in [6, 6.07) is 2.63. The number of nitro groups is 1. The van der Waals surface area contributed by atoms with Crippen LogP contribution < -0.4 is 4.90 Å². The number of pyridine rings is 1. The monoisotopic (exact) mass is 311 g/mol. The summed E-state index contributed by atoms with van der Waals surface area (Å²) in [6.45, 7) is 0. The highest BCUT2D eigenvalue weighted by Crippen LogP contribution is 2.43. The first-order chi connectivity index (χ1) is 9.59. The van der Waals surface area contributed by atoms with Crippen molar-refractivity contribution >= 4 is 40.9 Å². The lowest BCUT2D eigenvalue weighted by molar-refractivity contribution is -0.385. The summed E-state index contributed by atoms with van der Waals surface area (Å²) in [5.41, 5.74) is -0.156. The van der Waals surface area contributed by atoms with Crippen LogP contribution in [0.1, 0.15) is 0 Å². The molecule has 1 unspecified atom stereocenters. The van der Waals surface area contributed by atoms with E-state index in [1.165, 1.54) is 40.6 Å². The van der Waals surface area contributed by atoms with E-state index in [1.54, 1.807) is 0 Å². The number of hydrogen-bond donors (Lipinski definition) is 1. The van der Waals surface area contributed by atoms with E-state index in [1.807, 2.05) is 0 Å². The third kappa shape index (κ3) is 2.07. The van der Waals surface area contributed by atoms with Crippen LogP contribution in [0.15, 0.2) is 28.1 Å². The van der Waals surface area contributed by atoms with Gasteiger partial charge in [0.25, 0.3) is 11.6 Å². The maximum absolute atomic E-state index is 12.3. The average Bonchev–Trinajstić information content (AvgIpc) is 2.72. The molecule has 0 saturated carbocycles. The van der Waals surface area contributed by atoms with Crippen LogP contribution in [0.25, 0.3) is 0 Å². The molecule has 7 nitrogen and oxygen atoms in total. The second-order valence-electron chi connectivity index (χ2n) is 4.07. The van der Waals surface area contributed by atoms with Crippen molar-refractivity contribution in [2.24, 2.45) is 0 Å². The Hall–Kier alpha value is -1.58. The SMILES string of the molecule is O=C1C2=C(SCCS2)C(O)N1c1ccc([N+](=O)[O-])cn1. The quantitative estimate of drug-likeness (QED) is 0.650. The molecule has 0 radical (unpaired) electrons. The number of rotatable bonds is 2. The second-order valence-corrected chi connectivity index (χ2v) is 6.31. The molecule has 0 fully saturated rings. The van der Waals surface area contributed by atoms with Gasteiger partial charge < -0.3 is 5.11 Å². The zero-order valence-electron chi connectivity index (χ0n) is 10.1. The van der Waals surface area contributed by atoms with Crippen molar-refractivity contribution in [3.63, 3.8) is 0 Å². The Kier molecular flexibility index (Phi) is 3.40. The van der Waals surface area contributed by atoms with Crippen LogP contribution in [-0.2, 0) is 4.79 Å². The molecule has 0 aromatic carbocycles. The van der Waals surface area contributed by atoms with E-state index in [0.717, 1.165) is 17.7 Å². The summed E-state index contributed by atoms with van der Waals surface area (Å²) in [7, 11) is 0. The number of aliphatic hydroxyl groups is 1. The summed E-state index contributed by atoms with van der Waals surface area (Å²) in [4.78, 5) is 28.6. The first-order valence-electron chi connectivity index (χ1n) is 5.71. The summed E-state index contributed by atoms with van der Waals surface area (Å²) in [6.07, 6.45) is 0.0247. The summed E-state index contributed by atoms with van der Waals surface area (Å²) in [5, 5.41) is 20.8. The molecule has 2 aliphatic rings. The van der Waals surface area contributed by atoms with Crippen molar-refractivity contribution in [3.05, 3.63) is 38.3 Å². The Morgan fingerprint density at radius 3 is 2.75 bits per heavy atom. The molecule has 0 bridgehead atoms. The molecule has 2 aliphatic heterocycles. The fraction of sp³-hybridized carbons (Fsp3) is 0.273. The molecule has 3 rings (SSSR count). The van der Waals surface area contributed by atoms with Crippen molar-refractivity contribution in [2.45, 2.75) is 6.23 Å². The van der Waals surface area contributed by atoms with Crippen LogP contribution in [0.2, 0.25) is 0 Å². The summed E-state index contributed by atoms with van der Waals surface area (Å²) in [5.74, 6) is 1.58. The van der Waals surface area contributed by atoms with Gasteiger partial charge in [-0.3, -0.25) is 19.8 Å². The van der Waals surface area contributed by atoms with E-state index in [-0.39, 0.29) is 17.4 Å². The minimum atomic E-state index is -1.05. The van der Waals surface area contributed by atoms with Crippen molar-refractivity contribution in [1.29, 1.82) is 0 Å². The second kappa shape index (κ2) is 5.08. The standard InChI is InChI=1S/C11H9N3O4S2/c15-10-8-9(20-4-3-19-8)11(16)13(10)7-2-1-6(5-12-7)14(17)18/h1-2,5,10,15H,3-4H2. The molecule has 9 heteroatoms. The Labute approximate surface area is 122 Å². The van der Waals surface area contributed by atoms with Gasteiger partial charge in [0.15, 0.2) is 6.23 Å². The van der Waals surface area contributed by atoms with Gasteiger partial charge in [-0.2, -0.15) is 0 Å². The number of aromatic nitrogens is 1. The Morgan fingerprint density at radius 2 is 2.15 bits per heavy atom. The van der Waals surface area contributed by atoms with Gasteiger partial charge in [-0.15, -0.1) is 23.5 Å². The molecular weight excluding hydrogens is 302 g/mol. The lowest BCUT2D eigenvalue weighted by Gasteiger charge is -2.20. The van der Waals surface area contributed by atoms with Gasteiger partial charge in [-0.1, -0.05) is 0 Å². The van der Waals surface area contributed by atoms with Gasteiger partial charge in [-0.25, -0.2) is 4.98 Å². The minimum absolute atomic E-state index is 0.156. The van der Waals surface area contributed by atoms with Crippen molar-refractivity contribution in [3.8, 4) is 0 Å². The fourth-order valence-corrected chi connectivity index (χ4v) is 4.37. The van der Waals surface area contributed by atoms with Crippen molar-refractivity contribution in [2.75, 3.05) is 16.4 Å². The smallest absolute Gasteiger partial charge is 0.287 e. The molecule has 0 aliphatic carbocycles. The molecule has 104 valence electrons. The van der Waals surface area contributed by atoms with E-state index in [2.05, 4.69) is 4.98 Å². The maximum atomic E-state index is 12.3. The van der Waals surface area contributed by atoms with Gasteiger partial charge in [0.05, 0.1) is 14.7 Å². The maximum Gasteiger partial charge on any atom is 0.287 e. The van der Waals surface area contributed by atoms with Gasteiger partial charge in [0.2, 0.25) is 0 Å². The normalized spacial score (nSPS) is 22.1. The predicted molar refractivity (Wildman–Crippen MR) is 76.3 cm³/mol. The zero-order chi connectivity index (χ0) is 14.3. The van der Waals surface area contributed by atoms with E-state index in [9.17, 15) is 20.0 Å². The molecule has 1 atom stereocenters. The lowest BCUT2D eigenvalue weighted by atomic mass is 10.4. The van der Waals surface area contributed by atoms with Crippen LogP contribution in [0, 0.1) is 10.1 Å². The number of anilines is 1. The molecule has 1 N–H and O–H groups in total. The molecule has 1 amide bonds. The number of hydrogen-bond acceptors (Lipinski definition) is 7. The van der Waals surface area contributed by atoms with E-state index >= 15 is 0 Å². The Morgan fingerprint density at radius 1 is 1.40 bits per heavy atom. The van der Waals surface area contributed by atoms with Gasteiger partial charge >= 0.3 is 0 Å². The molecule has 1 aromatic rings. The largest absolute Gasteiger partial charge is 0.368 e. The molecule has 0 spiro atoms. The highest BCUT2D eigenvalue weighted by molar-refractivity contribution is 8.10. The first-order valence-corrected chi connectivity index (χ1v) is 7.68. The molecular formula is C11H9N3O4S2. The minimum Gasteiger partial charge on any atom is -0.368 e. The first kappa shape index (κ1) is 13.4. The Balaban J connectivity index is 1.92. The van der Waals surface area contributed by atoms with E-state index < -0.39 is 11.2 Å². The fourth-order valence-electron chi connectivity index (χ4n) is 1.99. The van der Waals surface area contributed by atoms with Crippen LogP contribution in [0.3, 0.4) is 0 Å². The number of amides is 1. The number of aliphatic hydroxyl groups excluding tert-OH is 1. The summed E-state index contributed by atoms with van der Waals surface area (Å²) < 4.78 is 0. The molecule has 3 heterocycles. The average molecular weight is 311 g/mol. The number of nitrogens with zero attached hydrogens (tertiary/aromatic N) is 3. The molecule has 1 aromatic heterocycles. The van der Waals surface area contributed by atoms with Crippen molar-refractivity contribution < 1.29 is 14.8 Å². The third-order valence-corrected chi connectivity index (χ3v) is 5.51. The molecule has 20 heavy (non-hydrogen) atoms. The lowest BCUT2D eigenvalue weighted by Crippen LogP contribution is -2.35. The number of carbonyl (C=O) groups excluding carboxylic acids is 1. The Bertz CT molecular complexity index is 617. The van der Waals surface area contributed by atoms with Gasteiger partial charge in [0.1, 0.15) is 12.0 Å². The number of carbonyl (C=O) groups is 1. The summed E-state index contributed by atoms with van der Waals surface area (Å²) >= 11 is 2.89. The topological polar surface area (TPSA) is 96.6 Å². The highest BCUT2D eigenvalue weighted by atomic mass is 32.2. The number of thioether (sulfide) groups is 2. The van der Waals surface area contributed by atoms with E-state index in [4.69, 9.17) is 0 Å². The predicted octanol–water partition coefficient (Wildman–Crippen LogP) is 1.35. The van der Waals surface area contributed by atoms with Crippen LogP contribution in [0.4, 0.5) is 11.5 Å².